The Labute approximate surface area is 125 Å². The highest BCUT2D eigenvalue weighted by atomic mass is 16.5. The zero-order valence-electron chi connectivity index (χ0n) is 12.0. The van der Waals surface area contributed by atoms with Crippen LogP contribution in [0.3, 0.4) is 0 Å². The van der Waals surface area contributed by atoms with E-state index < -0.39 is 0 Å². The highest BCUT2D eigenvalue weighted by molar-refractivity contribution is 5.68. The molecule has 0 bridgehead atoms. The molecule has 0 saturated heterocycles. The number of ether oxygens (including phenoxy) is 2. The number of hydrogen-bond donors (Lipinski definition) is 1. The van der Waals surface area contributed by atoms with E-state index >= 15 is 0 Å². The van der Waals surface area contributed by atoms with Crippen LogP contribution in [0.4, 0.5) is 5.69 Å². The van der Waals surface area contributed by atoms with E-state index in [0.717, 1.165) is 34.7 Å². The molecule has 0 unspecified atom stereocenters. The molecule has 2 aromatic rings. The molecule has 0 radical (unpaired) electrons. The van der Waals surface area contributed by atoms with Gasteiger partial charge in [-0.3, -0.25) is 0 Å². The maximum absolute atomic E-state index is 5.69. The first-order valence-corrected chi connectivity index (χ1v) is 7.19. The summed E-state index contributed by atoms with van der Waals surface area (Å²) in [5.41, 5.74) is 3.22. The molecule has 2 aromatic carbocycles. The maximum Gasteiger partial charge on any atom is 0.163 e. The number of rotatable bonds is 4. The molecule has 0 atom stereocenters. The van der Waals surface area contributed by atoms with Gasteiger partial charge in [-0.2, -0.15) is 0 Å². The second-order valence-electron chi connectivity index (χ2n) is 5.04. The molecule has 1 aliphatic heterocycles. The SMILES string of the molecule is C=C(CNc1ccc2c(c1)OCCCO2)c1ccccc1. The van der Waals surface area contributed by atoms with Gasteiger partial charge in [0, 0.05) is 24.7 Å². The van der Waals surface area contributed by atoms with E-state index in [-0.39, 0.29) is 0 Å². The number of benzene rings is 2. The van der Waals surface area contributed by atoms with Crippen LogP contribution in [0.25, 0.3) is 5.57 Å². The lowest BCUT2D eigenvalue weighted by molar-refractivity contribution is 0.297. The molecule has 0 spiro atoms. The van der Waals surface area contributed by atoms with E-state index in [1.807, 2.05) is 36.4 Å². The van der Waals surface area contributed by atoms with Gasteiger partial charge in [-0.1, -0.05) is 36.9 Å². The van der Waals surface area contributed by atoms with Gasteiger partial charge in [0.2, 0.25) is 0 Å². The Morgan fingerprint density at radius 1 is 1.00 bits per heavy atom. The van der Waals surface area contributed by atoms with Gasteiger partial charge >= 0.3 is 0 Å². The Morgan fingerprint density at radius 3 is 2.57 bits per heavy atom. The highest BCUT2D eigenvalue weighted by Gasteiger charge is 2.10. The average molecular weight is 281 g/mol. The van der Waals surface area contributed by atoms with Gasteiger partial charge in [-0.25, -0.2) is 0 Å². The molecular weight excluding hydrogens is 262 g/mol. The predicted octanol–water partition coefficient (Wildman–Crippen LogP) is 3.97. The summed E-state index contributed by atoms with van der Waals surface area (Å²) in [4.78, 5) is 0. The van der Waals surface area contributed by atoms with Crippen molar-refractivity contribution in [1.29, 1.82) is 0 Å². The van der Waals surface area contributed by atoms with Crippen molar-refractivity contribution in [2.45, 2.75) is 6.42 Å². The van der Waals surface area contributed by atoms with Crippen LogP contribution in [-0.2, 0) is 0 Å². The Bertz CT molecular complexity index is 622. The first-order valence-electron chi connectivity index (χ1n) is 7.19. The molecule has 0 aromatic heterocycles. The van der Waals surface area contributed by atoms with Crippen LogP contribution >= 0.6 is 0 Å². The summed E-state index contributed by atoms with van der Waals surface area (Å²) in [5.74, 6) is 1.63. The molecule has 1 N–H and O–H groups in total. The summed E-state index contributed by atoms with van der Waals surface area (Å²) in [5, 5.41) is 3.38. The summed E-state index contributed by atoms with van der Waals surface area (Å²) < 4.78 is 11.3. The third kappa shape index (κ3) is 3.37. The molecule has 3 nitrogen and oxygen atoms in total. The zero-order valence-corrected chi connectivity index (χ0v) is 12.0. The molecular formula is C18H19NO2. The molecule has 0 fully saturated rings. The smallest absolute Gasteiger partial charge is 0.163 e. The van der Waals surface area contributed by atoms with Crippen molar-refractivity contribution >= 4 is 11.3 Å². The third-order valence-corrected chi connectivity index (χ3v) is 3.44. The fourth-order valence-electron chi connectivity index (χ4n) is 2.26. The van der Waals surface area contributed by atoms with Crippen LogP contribution in [-0.4, -0.2) is 19.8 Å². The van der Waals surface area contributed by atoms with Gasteiger partial charge in [0.25, 0.3) is 0 Å². The molecule has 21 heavy (non-hydrogen) atoms. The minimum atomic E-state index is 0.698. The summed E-state index contributed by atoms with van der Waals surface area (Å²) in [6.45, 7) is 6.24. The van der Waals surface area contributed by atoms with Crippen molar-refractivity contribution in [2.75, 3.05) is 25.1 Å². The fourth-order valence-corrected chi connectivity index (χ4v) is 2.26. The number of anilines is 1. The summed E-state index contributed by atoms with van der Waals surface area (Å²) in [6.07, 6.45) is 0.919. The van der Waals surface area contributed by atoms with Crippen LogP contribution in [0.5, 0.6) is 11.5 Å². The standard InChI is InChI=1S/C18H19NO2/c1-14(15-6-3-2-4-7-15)13-19-16-8-9-17-18(12-16)21-11-5-10-20-17/h2-4,6-9,12,19H,1,5,10-11,13H2. The molecule has 1 heterocycles. The molecule has 0 amide bonds. The molecule has 108 valence electrons. The van der Waals surface area contributed by atoms with Gasteiger partial charge < -0.3 is 14.8 Å². The Morgan fingerprint density at radius 2 is 1.76 bits per heavy atom. The van der Waals surface area contributed by atoms with Crippen molar-refractivity contribution in [2.24, 2.45) is 0 Å². The van der Waals surface area contributed by atoms with Gasteiger partial charge in [0.1, 0.15) is 0 Å². The summed E-state index contributed by atoms with van der Waals surface area (Å²) in [7, 11) is 0. The molecule has 1 aliphatic rings. The average Bonchev–Trinajstić information content (AvgIpc) is 2.78. The van der Waals surface area contributed by atoms with Crippen molar-refractivity contribution in [3.05, 3.63) is 60.7 Å². The van der Waals surface area contributed by atoms with E-state index in [0.29, 0.717) is 19.8 Å². The fraction of sp³-hybridized carbons (Fsp3) is 0.222. The van der Waals surface area contributed by atoms with Crippen LogP contribution in [0.1, 0.15) is 12.0 Å². The second kappa shape index (κ2) is 6.35. The van der Waals surface area contributed by atoms with E-state index in [4.69, 9.17) is 9.47 Å². The van der Waals surface area contributed by atoms with Crippen LogP contribution in [0, 0.1) is 0 Å². The number of nitrogens with one attached hydrogen (secondary N) is 1. The van der Waals surface area contributed by atoms with Crippen molar-refractivity contribution in [3.8, 4) is 11.5 Å². The Hall–Kier alpha value is -2.42. The lowest BCUT2D eigenvalue weighted by atomic mass is 10.1. The van der Waals surface area contributed by atoms with Crippen molar-refractivity contribution < 1.29 is 9.47 Å². The maximum atomic E-state index is 5.69. The number of hydrogen-bond acceptors (Lipinski definition) is 3. The lowest BCUT2D eigenvalue weighted by Crippen LogP contribution is -2.03. The number of fused-ring (bicyclic) bond motifs is 1. The molecule has 0 aliphatic carbocycles. The van der Waals surface area contributed by atoms with E-state index in [1.165, 1.54) is 0 Å². The summed E-state index contributed by atoms with van der Waals surface area (Å²) in [6, 6.07) is 16.1. The first kappa shape index (κ1) is 13.6. The predicted molar refractivity (Wildman–Crippen MR) is 86.0 cm³/mol. The molecule has 3 heteroatoms. The highest BCUT2D eigenvalue weighted by Crippen LogP contribution is 2.32. The van der Waals surface area contributed by atoms with Crippen molar-refractivity contribution in [3.63, 3.8) is 0 Å². The first-order chi connectivity index (χ1) is 10.3. The minimum absolute atomic E-state index is 0.698. The normalized spacial score (nSPS) is 13.3. The van der Waals surface area contributed by atoms with E-state index in [1.54, 1.807) is 0 Å². The van der Waals surface area contributed by atoms with Gasteiger partial charge in [-0.15, -0.1) is 0 Å². The van der Waals surface area contributed by atoms with Crippen molar-refractivity contribution in [1.82, 2.24) is 0 Å². The largest absolute Gasteiger partial charge is 0.490 e. The van der Waals surface area contributed by atoms with Crippen LogP contribution < -0.4 is 14.8 Å². The van der Waals surface area contributed by atoms with Crippen LogP contribution in [0.2, 0.25) is 0 Å². The third-order valence-electron chi connectivity index (χ3n) is 3.44. The Balaban J connectivity index is 1.66. The summed E-state index contributed by atoms with van der Waals surface area (Å²) >= 11 is 0. The van der Waals surface area contributed by atoms with Crippen LogP contribution in [0.15, 0.2) is 55.1 Å². The van der Waals surface area contributed by atoms with E-state index in [2.05, 4.69) is 24.0 Å². The topological polar surface area (TPSA) is 30.5 Å². The quantitative estimate of drug-likeness (QED) is 0.919. The van der Waals surface area contributed by atoms with E-state index in [9.17, 15) is 0 Å². The second-order valence-corrected chi connectivity index (χ2v) is 5.04. The Kier molecular flexibility index (Phi) is 4.10. The van der Waals surface area contributed by atoms with Gasteiger partial charge in [-0.05, 0) is 23.3 Å². The molecule has 0 saturated carbocycles. The minimum Gasteiger partial charge on any atom is -0.490 e. The lowest BCUT2D eigenvalue weighted by Gasteiger charge is -2.12. The van der Waals surface area contributed by atoms with Gasteiger partial charge in [0.05, 0.1) is 13.2 Å². The van der Waals surface area contributed by atoms with Gasteiger partial charge in [0.15, 0.2) is 11.5 Å². The monoisotopic (exact) mass is 281 g/mol. The molecule has 3 rings (SSSR count). The zero-order chi connectivity index (χ0) is 14.5.